The van der Waals surface area contributed by atoms with Crippen molar-refractivity contribution in [3.63, 3.8) is 0 Å². The zero-order valence-corrected chi connectivity index (χ0v) is 17.7. The van der Waals surface area contributed by atoms with Crippen molar-refractivity contribution >= 4 is 10.8 Å². The van der Waals surface area contributed by atoms with Gasteiger partial charge in [-0.1, -0.05) is 57.7 Å². The predicted octanol–water partition coefficient (Wildman–Crippen LogP) is 8.39. The highest BCUT2D eigenvalue weighted by Crippen LogP contribution is 2.44. The third kappa shape index (κ3) is 5.46. The Morgan fingerprint density at radius 3 is 2.41 bits per heavy atom. The number of alkyl halides is 2. The summed E-state index contributed by atoms with van der Waals surface area (Å²) in [6.07, 6.45) is 10.3. The number of aryl methyl sites for hydroxylation is 1. The standard InChI is InChI=1S/C25H33F3O/c1-3-5-6-8-18-11-14-21-20(15-18)16-22(29-25(27)28)23(24(21)26)19-12-9-17(7-4-2)10-13-19/h11,14-17,19,25H,3-10,12-13H2,1-2H3. The van der Waals surface area contributed by atoms with Crippen molar-refractivity contribution in [1.82, 2.24) is 0 Å². The van der Waals surface area contributed by atoms with E-state index in [0.29, 0.717) is 22.3 Å². The van der Waals surface area contributed by atoms with E-state index in [2.05, 4.69) is 13.8 Å². The summed E-state index contributed by atoms with van der Waals surface area (Å²) < 4.78 is 46.6. The zero-order chi connectivity index (χ0) is 20.8. The fraction of sp³-hybridized carbons (Fsp3) is 0.600. The summed E-state index contributed by atoms with van der Waals surface area (Å²) >= 11 is 0. The monoisotopic (exact) mass is 406 g/mol. The topological polar surface area (TPSA) is 9.23 Å². The number of rotatable bonds is 9. The van der Waals surface area contributed by atoms with Crippen LogP contribution in [0.4, 0.5) is 13.2 Å². The molecule has 160 valence electrons. The minimum atomic E-state index is -2.95. The van der Waals surface area contributed by atoms with Gasteiger partial charge in [0.25, 0.3) is 0 Å². The van der Waals surface area contributed by atoms with Gasteiger partial charge in [-0.3, -0.25) is 0 Å². The normalized spacial score (nSPS) is 19.8. The Bertz CT molecular complexity index is 794. The van der Waals surface area contributed by atoms with Crippen LogP contribution in [0.2, 0.25) is 0 Å². The Morgan fingerprint density at radius 1 is 1.00 bits per heavy atom. The molecule has 1 aliphatic carbocycles. The molecule has 0 aromatic heterocycles. The zero-order valence-electron chi connectivity index (χ0n) is 17.7. The molecule has 0 atom stereocenters. The van der Waals surface area contributed by atoms with Crippen molar-refractivity contribution in [2.24, 2.45) is 5.92 Å². The molecule has 4 heteroatoms. The lowest BCUT2D eigenvalue weighted by Crippen LogP contribution is -2.16. The van der Waals surface area contributed by atoms with Crippen molar-refractivity contribution in [3.05, 3.63) is 41.2 Å². The molecule has 0 radical (unpaired) electrons. The molecule has 1 saturated carbocycles. The van der Waals surface area contributed by atoms with Crippen LogP contribution in [-0.2, 0) is 6.42 Å². The summed E-state index contributed by atoms with van der Waals surface area (Å²) in [7, 11) is 0. The van der Waals surface area contributed by atoms with Gasteiger partial charge in [0, 0.05) is 10.9 Å². The molecule has 0 spiro atoms. The molecule has 2 aromatic carbocycles. The van der Waals surface area contributed by atoms with Crippen LogP contribution in [0.5, 0.6) is 5.75 Å². The van der Waals surface area contributed by atoms with Gasteiger partial charge in [-0.25, -0.2) is 4.39 Å². The van der Waals surface area contributed by atoms with Crippen molar-refractivity contribution < 1.29 is 17.9 Å². The van der Waals surface area contributed by atoms with E-state index in [1.54, 1.807) is 6.07 Å². The van der Waals surface area contributed by atoms with Gasteiger partial charge in [-0.05, 0) is 67.4 Å². The van der Waals surface area contributed by atoms with Gasteiger partial charge in [-0.2, -0.15) is 8.78 Å². The molecule has 0 saturated heterocycles. The second-order valence-corrected chi connectivity index (χ2v) is 8.50. The SMILES string of the molecule is CCCCCc1ccc2c(F)c(C3CCC(CCC)CC3)c(OC(F)F)cc2c1. The summed E-state index contributed by atoms with van der Waals surface area (Å²) in [6, 6.07) is 7.33. The van der Waals surface area contributed by atoms with Crippen molar-refractivity contribution in [2.45, 2.75) is 90.6 Å². The number of hydrogen-bond acceptors (Lipinski definition) is 1. The van der Waals surface area contributed by atoms with E-state index in [0.717, 1.165) is 63.4 Å². The molecule has 0 amide bonds. The van der Waals surface area contributed by atoms with E-state index >= 15 is 4.39 Å². The van der Waals surface area contributed by atoms with E-state index in [-0.39, 0.29) is 17.5 Å². The van der Waals surface area contributed by atoms with Crippen LogP contribution in [-0.4, -0.2) is 6.61 Å². The van der Waals surface area contributed by atoms with Crippen molar-refractivity contribution in [3.8, 4) is 5.75 Å². The number of fused-ring (bicyclic) bond motifs is 1. The van der Waals surface area contributed by atoms with Crippen molar-refractivity contribution in [1.29, 1.82) is 0 Å². The first kappa shape index (κ1) is 22.0. The van der Waals surface area contributed by atoms with Crippen LogP contribution < -0.4 is 4.74 Å². The van der Waals surface area contributed by atoms with Crippen LogP contribution in [0.25, 0.3) is 10.8 Å². The minimum absolute atomic E-state index is 0.0228. The molecule has 0 bridgehead atoms. The van der Waals surface area contributed by atoms with Crippen LogP contribution in [0.3, 0.4) is 0 Å². The number of unbranched alkanes of at least 4 members (excludes halogenated alkanes) is 2. The molecular weight excluding hydrogens is 373 g/mol. The molecule has 1 aliphatic rings. The second kappa shape index (κ2) is 10.4. The Kier molecular flexibility index (Phi) is 7.85. The summed E-state index contributed by atoms with van der Waals surface area (Å²) in [5, 5.41) is 1.16. The highest BCUT2D eigenvalue weighted by atomic mass is 19.3. The van der Waals surface area contributed by atoms with Gasteiger partial charge >= 0.3 is 6.61 Å². The average Bonchev–Trinajstić information content (AvgIpc) is 2.69. The van der Waals surface area contributed by atoms with Crippen LogP contribution in [0, 0.1) is 11.7 Å². The molecule has 2 aromatic rings. The Morgan fingerprint density at radius 2 is 1.76 bits per heavy atom. The summed E-state index contributed by atoms with van der Waals surface area (Å²) in [4.78, 5) is 0. The first-order chi connectivity index (χ1) is 14.0. The number of hydrogen-bond donors (Lipinski definition) is 0. The molecular formula is C25H33F3O. The molecule has 29 heavy (non-hydrogen) atoms. The molecule has 0 N–H and O–H groups in total. The number of benzene rings is 2. The van der Waals surface area contributed by atoms with E-state index in [4.69, 9.17) is 4.74 Å². The Balaban J connectivity index is 1.93. The summed E-state index contributed by atoms with van der Waals surface area (Å²) in [6.45, 7) is 1.39. The maximum atomic E-state index is 15.5. The smallest absolute Gasteiger partial charge is 0.387 e. The van der Waals surface area contributed by atoms with Gasteiger partial charge in [-0.15, -0.1) is 0 Å². The average molecular weight is 407 g/mol. The lowest BCUT2D eigenvalue weighted by atomic mass is 9.76. The predicted molar refractivity (Wildman–Crippen MR) is 113 cm³/mol. The second-order valence-electron chi connectivity index (χ2n) is 8.50. The van der Waals surface area contributed by atoms with Gasteiger partial charge in [0.15, 0.2) is 0 Å². The van der Waals surface area contributed by atoms with E-state index in [9.17, 15) is 8.78 Å². The fourth-order valence-electron chi connectivity index (χ4n) is 4.86. The van der Waals surface area contributed by atoms with Crippen LogP contribution in [0.1, 0.15) is 88.7 Å². The lowest BCUT2D eigenvalue weighted by Gasteiger charge is -2.30. The first-order valence-corrected chi connectivity index (χ1v) is 11.2. The minimum Gasteiger partial charge on any atom is -0.434 e. The van der Waals surface area contributed by atoms with Gasteiger partial charge in [0.1, 0.15) is 11.6 Å². The third-order valence-electron chi connectivity index (χ3n) is 6.38. The third-order valence-corrected chi connectivity index (χ3v) is 6.38. The van der Waals surface area contributed by atoms with Crippen molar-refractivity contribution in [2.75, 3.05) is 0 Å². The maximum Gasteiger partial charge on any atom is 0.387 e. The summed E-state index contributed by atoms with van der Waals surface area (Å²) in [5.74, 6) is 0.266. The lowest BCUT2D eigenvalue weighted by molar-refractivity contribution is -0.0508. The molecule has 0 unspecified atom stereocenters. The largest absolute Gasteiger partial charge is 0.434 e. The number of halogens is 3. The molecule has 3 rings (SSSR count). The van der Waals surface area contributed by atoms with E-state index < -0.39 is 6.61 Å². The molecule has 0 aliphatic heterocycles. The highest BCUT2D eigenvalue weighted by Gasteiger charge is 2.29. The Hall–Kier alpha value is -1.71. The Labute approximate surface area is 172 Å². The van der Waals surface area contributed by atoms with Gasteiger partial charge < -0.3 is 4.74 Å². The molecule has 0 heterocycles. The first-order valence-electron chi connectivity index (χ1n) is 11.2. The van der Waals surface area contributed by atoms with Gasteiger partial charge in [0.2, 0.25) is 0 Å². The van der Waals surface area contributed by atoms with E-state index in [1.165, 1.54) is 6.42 Å². The fourth-order valence-corrected chi connectivity index (χ4v) is 4.86. The maximum absolute atomic E-state index is 15.5. The van der Waals surface area contributed by atoms with E-state index in [1.807, 2.05) is 18.2 Å². The molecule has 1 nitrogen and oxygen atoms in total. The van der Waals surface area contributed by atoms with Crippen LogP contribution in [0.15, 0.2) is 24.3 Å². The van der Waals surface area contributed by atoms with Gasteiger partial charge in [0.05, 0.1) is 0 Å². The molecule has 1 fully saturated rings. The summed E-state index contributed by atoms with van der Waals surface area (Å²) in [5.41, 5.74) is 1.47. The number of ether oxygens (including phenoxy) is 1. The quantitative estimate of drug-likeness (QED) is 0.380. The van der Waals surface area contributed by atoms with Crippen LogP contribution >= 0.6 is 0 Å². The highest BCUT2D eigenvalue weighted by molar-refractivity contribution is 5.86.